The Morgan fingerprint density at radius 2 is 1.56 bits per heavy atom. The maximum atomic E-state index is 13.7. The standard InChI is InChI=1S/C18H15Cl2F3O2/c1-18(2,9-3-5-10(21)6-4-9)12(17(24)25)7-11-15(19)13(22)8-14(23)16(11)20/h3-6,8,12H,7H2,1-2H3,(H,24,25). The number of halogens is 5. The predicted molar refractivity (Wildman–Crippen MR) is 90.6 cm³/mol. The summed E-state index contributed by atoms with van der Waals surface area (Å²) in [6.07, 6.45) is -0.286. The van der Waals surface area contributed by atoms with Gasteiger partial charge in [-0.2, -0.15) is 0 Å². The molecule has 0 aromatic heterocycles. The number of carbonyl (C=O) groups is 1. The Labute approximate surface area is 153 Å². The van der Waals surface area contributed by atoms with Gasteiger partial charge in [0, 0.05) is 11.5 Å². The molecular weight excluding hydrogens is 376 g/mol. The second kappa shape index (κ2) is 7.26. The number of benzene rings is 2. The summed E-state index contributed by atoms with van der Waals surface area (Å²) in [5.74, 6) is -4.77. The minimum absolute atomic E-state index is 0.108. The van der Waals surface area contributed by atoms with E-state index in [1.165, 1.54) is 24.3 Å². The first-order valence-electron chi connectivity index (χ1n) is 7.36. The minimum Gasteiger partial charge on any atom is -0.481 e. The van der Waals surface area contributed by atoms with Crippen molar-refractivity contribution in [2.24, 2.45) is 5.92 Å². The highest BCUT2D eigenvalue weighted by molar-refractivity contribution is 6.36. The molecule has 134 valence electrons. The molecule has 0 bridgehead atoms. The Balaban J connectivity index is 2.50. The van der Waals surface area contributed by atoms with E-state index in [0.717, 1.165) is 0 Å². The molecule has 0 spiro atoms. The summed E-state index contributed by atoms with van der Waals surface area (Å²) in [7, 11) is 0. The lowest BCUT2D eigenvalue weighted by atomic mass is 9.71. The van der Waals surface area contributed by atoms with Crippen molar-refractivity contribution in [1.29, 1.82) is 0 Å². The van der Waals surface area contributed by atoms with Crippen LogP contribution in [0.25, 0.3) is 0 Å². The Bertz CT molecular complexity index is 779. The first-order valence-corrected chi connectivity index (χ1v) is 8.12. The Kier molecular flexibility index (Phi) is 5.69. The predicted octanol–water partition coefficient (Wildman–Crippen LogP) is 5.63. The molecule has 0 aliphatic heterocycles. The third kappa shape index (κ3) is 3.93. The zero-order valence-corrected chi connectivity index (χ0v) is 14.9. The number of aliphatic carboxylic acids is 1. The molecule has 0 fully saturated rings. The van der Waals surface area contributed by atoms with Crippen molar-refractivity contribution >= 4 is 29.2 Å². The van der Waals surface area contributed by atoms with Crippen molar-refractivity contribution in [1.82, 2.24) is 0 Å². The van der Waals surface area contributed by atoms with Crippen LogP contribution in [-0.4, -0.2) is 11.1 Å². The van der Waals surface area contributed by atoms with Crippen LogP contribution in [0.3, 0.4) is 0 Å². The van der Waals surface area contributed by atoms with Crippen LogP contribution in [-0.2, 0) is 16.6 Å². The third-order valence-electron chi connectivity index (χ3n) is 4.37. The van der Waals surface area contributed by atoms with Crippen LogP contribution in [0.4, 0.5) is 13.2 Å². The molecule has 0 heterocycles. The van der Waals surface area contributed by atoms with Crippen molar-refractivity contribution < 1.29 is 23.1 Å². The second-order valence-electron chi connectivity index (χ2n) is 6.27. The molecule has 0 radical (unpaired) electrons. The molecule has 0 aliphatic carbocycles. The van der Waals surface area contributed by atoms with Crippen LogP contribution < -0.4 is 0 Å². The number of carboxylic acid groups (broad SMARTS) is 1. The van der Waals surface area contributed by atoms with E-state index >= 15 is 0 Å². The maximum Gasteiger partial charge on any atom is 0.307 e. The van der Waals surface area contributed by atoms with E-state index in [0.29, 0.717) is 11.6 Å². The van der Waals surface area contributed by atoms with Gasteiger partial charge < -0.3 is 5.11 Å². The average molecular weight is 391 g/mol. The number of hydrogen-bond donors (Lipinski definition) is 1. The van der Waals surface area contributed by atoms with Crippen molar-refractivity contribution in [2.45, 2.75) is 25.7 Å². The minimum atomic E-state index is -1.19. The van der Waals surface area contributed by atoms with Gasteiger partial charge in [0.25, 0.3) is 0 Å². The van der Waals surface area contributed by atoms with E-state index in [2.05, 4.69) is 0 Å². The Morgan fingerprint density at radius 1 is 1.08 bits per heavy atom. The molecule has 1 unspecified atom stereocenters. The van der Waals surface area contributed by atoms with Crippen LogP contribution in [0, 0.1) is 23.4 Å². The zero-order valence-electron chi connectivity index (χ0n) is 13.4. The number of hydrogen-bond acceptors (Lipinski definition) is 1. The van der Waals surface area contributed by atoms with Crippen molar-refractivity contribution in [3.8, 4) is 0 Å². The molecule has 2 aromatic carbocycles. The normalized spacial score (nSPS) is 12.9. The molecule has 0 amide bonds. The van der Waals surface area contributed by atoms with Gasteiger partial charge in [-0.3, -0.25) is 4.79 Å². The SMILES string of the molecule is CC(C)(c1ccc(F)cc1)C(Cc1c(Cl)c(F)cc(F)c1Cl)C(=O)O. The van der Waals surface area contributed by atoms with Gasteiger partial charge in [-0.15, -0.1) is 0 Å². The largest absolute Gasteiger partial charge is 0.481 e. The maximum absolute atomic E-state index is 13.7. The second-order valence-corrected chi connectivity index (χ2v) is 7.03. The van der Waals surface area contributed by atoms with Gasteiger partial charge in [0.2, 0.25) is 0 Å². The lowest BCUT2D eigenvalue weighted by Crippen LogP contribution is -2.36. The van der Waals surface area contributed by atoms with Crippen LogP contribution in [0.15, 0.2) is 30.3 Å². The fraction of sp³-hybridized carbons (Fsp3) is 0.278. The lowest BCUT2D eigenvalue weighted by molar-refractivity contribution is -0.144. The summed E-state index contributed by atoms with van der Waals surface area (Å²) in [6, 6.07) is 5.94. The summed E-state index contributed by atoms with van der Waals surface area (Å²) < 4.78 is 40.6. The molecular formula is C18H15Cl2F3O2. The van der Waals surface area contributed by atoms with E-state index in [-0.39, 0.29) is 12.0 Å². The first-order chi connectivity index (χ1) is 11.6. The Morgan fingerprint density at radius 3 is 2.00 bits per heavy atom. The average Bonchev–Trinajstić information content (AvgIpc) is 2.53. The quantitative estimate of drug-likeness (QED) is 0.671. The number of carboxylic acids is 1. The van der Waals surface area contributed by atoms with Gasteiger partial charge in [-0.05, 0) is 29.7 Å². The van der Waals surface area contributed by atoms with Crippen LogP contribution >= 0.6 is 23.2 Å². The van der Waals surface area contributed by atoms with E-state index in [4.69, 9.17) is 23.2 Å². The molecule has 2 rings (SSSR count). The fourth-order valence-corrected chi connectivity index (χ4v) is 3.24. The third-order valence-corrected chi connectivity index (χ3v) is 5.19. The van der Waals surface area contributed by atoms with Gasteiger partial charge in [0.15, 0.2) is 0 Å². The summed E-state index contributed by atoms with van der Waals surface area (Å²) in [4.78, 5) is 11.8. The summed E-state index contributed by atoms with van der Waals surface area (Å²) in [5, 5.41) is 8.84. The molecule has 0 aliphatic rings. The molecule has 1 N–H and O–H groups in total. The van der Waals surface area contributed by atoms with Gasteiger partial charge in [0.05, 0.1) is 16.0 Å². The Hall–Kier alpha value is -1.72. The van der Waals surface area contributed by atoms with Gasteiger partial charge in [-0.25, -0.2) is 13.2 Å². The molecule has 0 saturated heterocycles. The van der Waals surface area contributed by atoms with Crippen LogP contribution in [0.5, 0.6) is 0 Å². The topological polar surface area (TPSA) is 37.3 Å². The molecule has 25 heavy (non-hydrogen) atoms. The first kappa shape index (κ1) is 19.6. The highest BCUT2D eigenvalue weighted by Crippen LogP contribution is 2.38. The molecule has 1 atom stereocenters. The summed E-state index contributed by atoms with van der Waals surface area (Å²) in [5.41, 5.74) is -0.525. The van der Waals surface area contributed by atoms with Gasteiger partial charge in [-0.1, -0.05) is 49.2 Å². The van der Waals surface area contributed by atoms with Crippen LogP contribution in [0.1, 0.15) is 25.0 Å². The molecule has 0 saturated carbocycles. The van der Waals surface area contributed by atoms with E-state index in [1.54, 1.807) is 13.8 Å². The zero-order chi connectivity index (χ0) is 18.9. The van der Waals surface area contributed by atoms with Crippen molar-refractivity contribution in [2.75, 3.05) is 0 Å². The van der Waals surface area contributed by atoms with E-state index in [1.807, 2.05) is 0 Å². The highest BCUT2D eigenvalue weighted by Gasteiger charge is 2.38. The monoisotopic (exact) mass is 390 g/mol. The van der Waals surface area contributed by atoms with Crippen molar-refractivity contribution in [3.05, 3.63) is 69.0 Å². The summed E-state index contributed by atoms with van der Waals surface area (Å²) in [6.45, 7) is 3.30. The van der Waals surface area contributed by atoms with E-state index < -0.39 is 44.8 Å². The molecule has 2 nitrogen and oxygen atoms in total. The van der Waals surface area contributed by atoms with Gasteiger partial charge >= 0.3 is 5.97 Å². The summed E-state index contributed by atoms with van der Waals surface area (Å²) >= 11 is 11.7. The molecule has 2 aromatic rings. The van der Waals surface area contributed by atoms with Gasteiger partial charge in [0.1, 0.15) is 17.5 Å². The fourth-order valence-electron chi connectivity index (χ4n) is 2.74. The lowest BCUT2D eigenvalue weighted by Gasteiger charge is -2.32. The van der Waals surface area contributed by atoms with E-state index in [9.17, 15) is 23.1 Å². The van der Waals surface area contributed by atoms with Crippen LogP contribution in [0.2, 0.25) is 10.0 Å². The molecule has 7 heteroatoms. The van der Waals surface area contributed by atoms with Crippen molar-refractivity contribution in [3.63, 3.8) is 0 Å². The number of rotatable bonds is 5. The smallest absolute Gasteiger partial charge is 0.307 e. The highest BCUT2D eigenvalue weighted by atomic mass is 35.5.